The average molecular weight is 218 g/mol. The van der Waals surface area contributed by atoms with Gasteiger partial charge < -0.3 is 15.7 Å². The van der Waals surface area contributed by atoms with Crippen LogP contribution in [0.15, 0.2) is 18.2 Å². The molecule has 3 rings (SSSR count). The highest BCUT2D eigenvalue weighted by atomic mass is 16.3. The lowest BCUT2D eigenvalue weighted by Gasteiger charge is -2.44. The molecule has 3 N–H and O–H groups in total. The van der Waals surface area contributed by atoms with Gasteiger partial charge >= 0.3 is 0 Å². The molecule has 0 aromatic heterocycles. The topological polar surface area (TPSA) is 49.5 Å². The van der Waals surface area contributed by atoms with Gasteiger partial charge in [0.05, 0.1) is 5.69 Å². The first-order chi connectivity index (χ1) is 7.75. The molecule has 0 spiro atoms. The number of fused-ring (bicyclic) bond motifs is 3. The summed E-state index contributed by atoms with van der Waals surface area (Å²) in [7, 11) is 0. The van der Waals surface area contributed by atoms with Gasteiger partial charge in [-0.2, -0.15) is 0 Å². The van der Waals surface area contributed by atoms with Crippen LogP contribution in [0.3, 0.4) is 0 Å². The molecule has 86 valence electrons. The van der Waals surface area contributed by atoms with Crippen molar-refractivity contribution in [2.75, 3.05) is 11.4 Å². The van der Waals surface area contributed by atoms with E-state index in [9.17, 15) is 5.11 Å². The fourth-order valence-electron chi connectivity index (χ4n) is 3.08. The van der Waals surface area contributed by atoms with Gasteiger partial charge in [-0.05, 0) is 37.3 Å². The third-order valence-corrected chi connectivity index (χ3v) is 3.89. The van der Waals surface area contributed by atoms with Crippen LogP contribution in [0, 0.1) is 0 Å². The van der Waals surface area contributed by atoms with Crippen LogP contribution in [-0.2, 0) is 6.42 Å². The Balaban J connectivity index is 1.99. The third-order valence-electron chi connectivity index (χ3n) is 3.89. The van der Waals surface area contributed by atoms with Crippen molar-refractivity contribution in [2.45, 2.75) is 37.8 Å². The highest BCUT2D eigenvalue weighted by Crippen LogP contribution is 2.40. The van der Waals surface area contributed by atoms with Crippen LogP contribution < -0.4 is 10.6 Å². The number of hydrogen-bond acceptors (Lipinski definition) is 3. The van der Waals surface area contributed by atoms with Crippen LogP contribution >= 0.6 is 0 Å². The van der Waals surface area contributed by atoms with Crippen LogP contribution in [0.4, 0.5) is 5.69 Å². The van der Waals surface area contributed by atoms with E-state index >= 15 is 0 Å². The van der Waals surface area contributed by atoms with Crippen LogP contribution in [-0.4, -0.2) is 23.7 Å². The molecule has 3 heteroatoms. The Hall–Kier alpha value is -1.22. The lowest BCUT2D eigenvalue weighted by atomic mass is 9.87. The Morgan fingerprint density at radius 3 is 3.06 bits per heavy atom. The summed E-state index contributed by atoms with van der Waals surface area (Å²) in [6, 6.07) is 6.72. The SMILES string of the molecule is NC1CCN2c3c(O)cccc3CCC2C1. The van der Waals surface area contributed by atoms with Crippen LogP contribution in [0.1, 0.15) is 24.8 Å². The molecule has 16 heavy (non-hydrogen) atoms. The number of aromatic hydroxyl groups is 1. The predicted molar refractivity (Wildman–Crippen MR) is 64.8 cm³/mol. The van der Waals surface area contributed by atoms with Gasteiger partial charge in [-0.1, -0.05) is 12.1 Å². The number of phenols is 1. The molecule has 2 aliphatic rings. The van der Waals surface area contributed by atoms with E-state index in [4.69, 9.17) is 5.73 Å². The second-order valence-electron chi connectivity index (χ2n) is 4.96. The fraction of sp³-hybridized carbons (Fsp3) is 0.538. The number of rotatable bonds is 0. The van der Waals surface area contributed by atoms with Gasteiger partial charge in [-0.15, -0.1) is 0 Å². The van der Waals surface area contributed by atoms with E-state index in [2.05, 4.69) is 11.0 Å². The Morgan fingerprint density at radius 2 is 2.19 bits per heavy atom. The van der Waals surface area contributed by atoms with Gasteiger partial charge in [0.2, 0.25) is 0 Å². The molecule has 2 heterocycles. The van der Waals surface area contributed by atoms with Crippen molar-refractivity contribution >= 4 is 5.69 Å². The summed E-state index contributed by atoms with van der Waals surface area (Å²) in [6.07, 6.45) is 4.33. The van der Waals surface area contributed by atoms with E-state index in [-0.39, 0.29) is 0 Å². The Kier molecular flexibility index (Phi) is 2.28. The van der Waals surface area contributed by atoms with Crippen molar-refractivity contribution in [1.29, 1.82) is 0 Å². The van der Waals surface area contributed by atoms with Crippen LogP contribution in [0.5, 0.6) is 5.75 Å². The molecule has 0 aliphatic carbocycles. The molecule has 2 unspecified atom stereocenters. The van der Waals surface area contributed by atoms with Crippen molar-refractivity contribution in [3.63, 3.8) is 0 Å². The molecule has 0 radical (unpaired) electrons. The monoisotopic (exact) mass is 218 g/mol. The molecule has 1 fully saturated rings. The molecule has 1 aromatic carbocycles. The molecular formula is C13H18N2O. The quantitative estimate of drug-likeness (QED) is 0.696. The van der Waals surface area contributed by atoms with E-state index in [0.717, 1.165) is 31.5 Å². The Bertz CT molecular complexity index is 405. The van der Waals surface area contributed by atoms with Gasteiger partial charge in [0.15, 0.2) is 0 Å². The molecule has 1 aromatic rings. The number of para-hydroxylation sites is 1. The number of anilines is 1. The fourth-order valence-corrected chi connectivity index (χ4v) is 3.08. The number of piperidine rings is 1. The summed E-state index contributed by atoms with van der Waals surface area (Å²) < 4.78 is 0. The Morgan fingerprint density at radius 1 is 1.31 bits per heavy atom. The first-order valence-electron chi connectivity index (χ1n) is 6.09. The van der Waals surface area contributed by atoms with E-state index in [0.29, 0.717) is 17.8 Å². The molecule has 1 saturated heterocycles. The lowest BCUT2D eigenvalue weighted by molar-refractivity contribution is 0.376. The molecule has 3 nitrogen and oxygen atoms in total. The molecule has 2 atom stereocenters. The number of nitrogens with two attached hydrogens (primary N) is 1. The zero-order chi connectivity index (χ0) is 11.1. The highest BCUT2D eigenvalue weighted by molar-refractivity contribution is 5.65. The maximum absolute atomic E-state index is 9.99. The average Bonchev–Trinajstić information content (AvgIpc) is 2.29. The summed E-state index contributed by atoms with van der Waals surface area (Å²) in [5.74, 6) is 0.428. The van der Waals surface area contributed by atoms with Gasteiger partial charge in [-0.25, -0.2) is 0 Å². The minimum atomic E-state index is 0.341. The Labute approximate surface area is 95.9 Å². The molecular weight excluding hydrogens is 200 g/mol. The molecule has 0 saturated carbocycles. The van der Waals surface area contributed by atoms with Crippen LogP contribution in [0.2, 0.25) is 0 Å². The van der Waals surface area contributed by atoms with Gasteiger partial charge in [0, 0.05) is 18.6 Å². The van der Waals surface area contributed by atoms with Crippen molar-refractivity contribution in [2.24, 2.45) is 5.73 Å². The number of hydrogen-bond donors (Lipinski definition) is 2. The second-order valence-corrected chi connectivity index (χ2v) is 4.96. The number of benzene rings is 1. The normalized spacial score (nSPS) is 28.4. The second kappa shape index (κ2) is 3.67. The van der Waals surface area contributed by atoms with E-state index in [1.54, 1.807) is 6.07 Å². The molecule has 2 aliphatic heterocycles. The summed E-state index contributed by atoms with van der Waals surface area (Å²) in [4.78, 5) is 2.36. The first kappa shape index (κ1) is 9.97. The first-order valence-corrected chi connectivity index (χ1v) is 6.09. The van der Waals surface area contributed by atoms with E-state index < -0.39 is 0 Å². The van der Waals surface area contributed by atoms with E-state index in [1.165, 1.54) is 12.0 Å². The highest BCUT2D eigenvalue weighted by Gasteiger charge is 2.32. The maximum atomic E-state index is 9.99. The minimum absolute atomic E-state index is 0.341. The largest absolute Gasteiger partial charge is 0.506 e. The van der Waals surface area contributed by atoms with Crippen molar-refractivity contribution in [1.82, 2.24) is 0 Å². The third kappa shape index (κ3) is 1.47. The summed E-state index contributed by atoms with van der Waals surface area (Å²) in [6.45, 7) is 0.983. The number of phenolic OH excluding ortho intramolecular Hbond substituents is 1. The van der Waals surface area contributed by atoms with Crippen molar-refractivity contribution < 1.29 is 5.11 Å². The standard InChI is InChI=1S/C13H18N2O/c14-10-6-7-15-11(8-10)5-4-9-2-1-3-12(16)13(9)15/h1-3,10-11,16H,4-8,14H2. The molecule has 0 bridgehead atoms. The lowest BCUT2D eigenvalue weighted by Crippen LogP contribution is -2.49. The van der Waals surface area contributed by atoms with Gasteiger partial charge in [0.1, 0.15) is 5.75 Å². The van der Waals surface area contributed by atoms with Gasteiger partial charge in [-0.3, -0.25) is 0 Å². The van der Waals surface area contributed by atoms with Crippen molar-refractivity contribution in [3.8, 4) is 5.75 Å². The minimum Gasteiger partial charge on any atom is -0.506 e. The number of aryl methyl sites for hydroxylation is 1. The van der Waals surface area contributed by atoms with Gasteiger partial charge in [0.25, 0.3) is 0 Å². The predicted octanol–water partition coefficient (Wildman–Crippen LogP) is 1.63. The molecule has 0 amide bonds. The smallest absolute Gasteiger partial charge is 0.139 e. The van der Waals surface area contributed by atoms with Crippen LogP contribution in [0.25, 0.3) is 0 Å². The van der Waals surface area contributed by atoms with E-state index in [1.807, 2.05) is 6.07 Å². The summed E-state index contributed by atoms with van der Waals surface area (Å²) in [5, 5.41) is 9.99. The van der Waals surface area contributed by atoms with Crippen molar-refractivity contribution in [3.05, 3.63) is 23.8 Å². The summed E-state index contributed by atoms with van der Waals surface area (Å²) in [5.41, 5.74) is 8.36. The zero-order valence-electron chi connectivity index (χ0n) is 9.39. The summed E-state index contributed by atoms with van der Waals surface area (Å²) >= 11 is 0. The maximum Gasteiger partial charge on any atom is 0.139 e. The number of nitrogens with zero attached hydrogens (tertiary/aromatic N) is 1. The zero-order valence-corrected chi connectivity index (χ0v) is 9.39.